The lowest BCUT2D eigenvalue weighted by Gasteiger charge is -2.15. The van der Waals surface area contributed by atoms with E-state index in [2.05, 4.69) is 10.3 Å². The molecule has 0 bridgehead atoms. The minimum absolute atomic E-state index is 0.108. The zero-order valence-electron chi connectivity index (χ0n) is 14.2. The van der Waals surface area contributed by atoms with Gasteiger partial charge in [0.25, 0.3) is 11.5 Å². The minimum atomic E-state index is -0.395. The molecular weight excluding hydrogens is 316 g/mol. The van der Waals surface area contributed by atoms with Crippen LogP contribution in [0, 0.1) is 0 Å². The first-order valence-electron chi connectivity index (χ1n) is 8.24. The summed E-state index contributed by atoms with van der Waals surface area (Å²) in [6, 6.07) is 16.3. The monoisotopic (exact) mass is 336 g/mol. The number of aromatic nitrogens is 1. The lowest BCUT2D eigenvalue weighted by atomic mass is 10.1. The molecular formula is C20H20N2O3. The molecule has 2 aromatic carbocycles. The number of fused-ring (bicyclic) bond motifs is 1. The molecule has 1 heterocycles. The first kappa shape index (κ1) is 16.8. The lowest BCUT2D eigenvalue weighted by Crippen LogP contribution is -2.31. The summed E-state index contributed by atoms with van der Waals surface area (Å²) in [7, 11) is 0. The Balaban J connectivity index is 1.79. The second kappa shape index (κ2) is 7.21. The summed E-state index contributed by atoms with van der Waals surface area (Å²) in [4.78, 5) is 27.4. The van der Waals surface area contributed by atoms with Crippen molar-refractivity contribution in [1.29, 1.82) is 0 Å². The lowest BCUT2D eigenvalue weighted by molar-refractivity contribution is 0.0938. The molecule has 0 aliphatic rings. The Kier molecular flexibility index (Phi) is 4.84. The van der Waals surface area contributed by atoms with Crippen LogP contribution in [0.1, 0.15) is 35.8 Å². The number of hydrogen-bond donors (Lipinski definition) is 2. The van der Waals surface area contributed by atoms with Gasteiger partial charge in [-0.25, -0.2) is 0 Å². The predicted octanol–water partition coefficient (Wildman–Crippen LogP) is 3.42. The van der Waals surface area contributed by atoms with E-state index in [4.69, 9.17) is 4.74 Å². The van der Waals surface area contributed by atoms with Crippen LogP contribution in [0.4, 0.5) is 0 Å². The highest BCUT2D eigenvalue weighted by molar-refractivity contribution is 5.97. The van der Waals surface area contributed by atoms with Crippen molar-refractivity contribution in [1.82, 2.24) is 10.3 Å². The molecule has 5 heteroatoms. The van der Waals surface area contributed by atoms with E-state index in [1.54, 1.807) is 12.1 Å². The molecule has 1 amide bonds. The fraction of sp³-hybridized carbons (Fsp3) is 0.200. The van der Waals surface area contributed by atoms with Gasteiger partial charge in [0, 0.05) is 5.52 Å². The molecule has 0 radical (unpaired) electrons. The number of H-pyrrole nitrogens is 1. The Hall–Kier alpha value is -3.08. The standard InChI is InChI=1S/C20H20N2O3/c1-3-25-16-10-8-14(9-11-16)13(2)21-19(23)17-12-15-6-4-5-7-18(15)22-20(17)24/h4-13H,3H2,1-2H3,(H,21,23)(H,22,24). The van der Waals surface area contributed by atoms with Crippen LogP contribution < -0.4 is 15.6 Å². The van der Waals surface area contributed by atoms with Gasteiger partial charge in [-0.1, -0.05) is 30.3 Å². The van der Waals surface area contributed by atoms with E-state index in [0.717, 1.165) is 16.7 Å². The Bertz CT molecular complexity index is 945. The summed E-state index contributed by atoms with van der Waals surface area (Å²) in [5.74, 6) is 0.393. The Morgan fingerprint density at radius 1 is 1.16 bits per heavy atom. The number of aromatic amines is 1. The van der Waals surface area contributed by atoms with Crippen molar-refractivity contribution in [3.63, 3.8) is 0 Å². The van der Waals surface area contributed by atoms with Crippen molar-refractivity contribution in [3.05, 3.63) is 76.1 Å². The molecule has 0 fully saturated rings. The number of ether oxygens (including phenoxy) is 1. The molecule has 128 valence electrons. The molecule has 0 saturated carbocycles. The van der Waals surface area contributed by atoms with Crippen LogP contribution in [0.15, 0.2) is 59.4 Å². The van der Waals surface area contributed by atoms with Crippen LogP contribution in [-0.4, -0.2) is 17.5 Å². The normalized spacial score (nSPS) is 11.9. The fourth-order valence-corrected chi connectivity index (χ4v) is 2.69. The Morgan fingerprint density at radius 3 is 2.60 bits per heavy atom. The number of amides is 1. The Labute approximate surface area is 145 Å². The molecule has 2 N–H and O–H groups in total. The molecule has 0 spiro atoms. The summed E-state index contributed by atoms with van der Waals surface area (Å²) < 4.78 is 5.41. The SMILES string of the molecule is CCOc1ccc(C(C)NC(=O)c2cc3ccccc3[nH]c2=O)cc1. The largest absolute Gasteiger partial charge is 0.494 e. The number of carbonyl (C=O) groups excluding carboxylic acids is 1. The van der Waals surface area contributed by atoms with Crippen LogP contribution in [0.5, 0.6) is 5.75 Å². The topological polar surface area (TPSA) is 71.2 Å². The van der Waals surface area contributed by atoms with Crippen LogP contribution in [-0.2, 0) is 0 Å². The van der Waals surface area contributed by atoms with Gasteiger partial charge in [0.15, 0.2) is 0 Å². The quantitative estimate of drug-likeness (QED) is 0.750. The van der Waals surface area contributed by atoms with E-state index >= 15 is 0 Å². The molecule has 1 atom stereocenters. The molecule has 1 aromatic heterocycles. The number of nitrogens with one attached hydrogen (secondary N) is 2. The maximum Gasteiger partial charge on any atom is 0.261 e. The molecule has 3 aromatic rings. The van der Waals surface area contributed by atoms with Gasteiger partial charge in [0.05, 0.1) is 12.6 Å². The van der Waals surface area contributed by atoms with Gasteiger partial charge in [-0.05, 0) is 49.1 Å². The maximum atomic E-state index is 12.5. The zero-order chi connectivity index (χ0) is 17.8. The second-order valence-corrected chi connectivity index (χ2v) is 5.80. The third-order valence-corrected chi connectivity index (χ3v) is 4.04. The summed E-state index contributed by atoms with van der Waals surface area (Å²) in [5.41, 5.74) is 1.37. The highest BCUT2D eigenvalue weighted by Crippen LogP contribution is 2.18. The fourth-order valence-electron chi connectivity index (χ4n) is 2.69. The smallest absolute Gasteiger partial charge is 0.261 e. The maximum absolute atomic E-state index is 12.5. The van der Waals surface area contributed by atoms with Crippen molar-refractivity contribution in [2.45, 2.75) is 19.9 Å². The first-order chi connectivity index (χ1) is 12.1. The number of pyridine rings is 1. The van der Waals surface area contributed by atoms with Gasteiger partial charge in [-0.3, -0.25) is 9.59 Å². The second-order valence-electron chi connectivity index (χ2n) is 5.80. The summed E-state index contributed by atoms with van der Waals surface area (Å²) >= 11 is 0. The third kappa shape index (κ3) is 3.71. The van der Waals surface area contributed by atoms with Crippen LogP contribution >= 0.6 is 0 Å². The third-order valence-electron chi connectivity index (χ3n) is 4.04. The predicted molar refractivity (Wildman–Crippen MR) is 98.1 cm³/mol. The van der Waals surface area contributed by atoms with E-state index in [-0.39, 0.29) is 11.6 Å². The first-order valence-corrected chi connectivity index (χ1v) is 8.24. The minimum Gasteiger partial charge on any atom is -0.494 e. The van der Waals surface area contributed by atoms with Gasteiger partial charge in [-0.2, -0.15) is 0 Å². The molecule has 1 unspecified atom stereocenters. The van der Waals surface area contributed by atoms with E-state index in [1.165, 1.54) is 0 Å². The van der Waals surface area contributed by atoms with Crippen molar-refractivity contribution in [2.75, 3.05) is 6.61 Å². The molecule has 0 aliphatic heterocycles. The zero-order valence-corrected chi connectivity index (χ0v) is 14.2. The van der Waals surface area contributed by atoms with Crippen molar-refractivity contribution < 1.29 is 9.53 Å². The number of hydrogen-bond acceptors (Lipinski definition) is 3. The highest BCUT2D eigenvalue weighted by atomic mass is 16.5. The van der Waals surface area contributed by atoms with Gasteiger partial charge in [0.1, 0.15) is 11.3 Å². The summed E-state index contributed by atoms with van der Waals surface area (Å²) in [6.07, 6.45) is 0. The summed E-state index contributed by atoms with van der Waals surface area (Å²) in [6.45, 7) is 4.41. The molecule has 0 saturated heterocycles. The van der Waals surface area contributed by atoms with Gasteiger partial charge in [0.2, 0.25) is 0 Å². The number of carbonyl (C=O) groups is 1. The number of benzene rings is 2. The van der Waals surface area contributed by atoms with E-state index in [9.17, 15) is 9.59 Å². The average Bonchev–Trinajstić information content (AvgIpc) is 2.62. The van der Waals surface area contributed by atoms with E-state index in [0.29, 0.717) is 12.1 Å². The van der Waals surface area contributed by atoms with Gasteiger partial charge < -0.3 is 15.0 Å². The van der Waals surface area contributed by atoms with Crippen molar-refractivity contribution >= 4 is 16.8 Å². The number of rotatable bonds is 5. The van der Waals surface area contributed by atoms with Gasteiger partial charge in [-0.15, -0.1) is 0 Å². The molecule has 5 nitrogen and oxygen atoms in total. The van der Waals surface area contributed by atoms with Crippen LogP contribution in [0.3, 0.4) is 0 Å². The van der Waals surface area contributed by atoms with Gasteiger partial charge >= 0.3 is 0 Å². The van der Waals surface area contributed by atoms with Crippen LogP contribution in [0.2, 0.25) is 0 Å². The van der Waals surface area contributed by atoms with E-state index < -0.39 is 11.5 Å². The Morgan fingerprint density at radius 2 is 1.88 bits per heavy atom. The molecule has 3 rings (SSSR count). The van der Waals surface area contributed by atoms with Crippen LogP contribution in [0.25, 0.3) is 10.9 Å². The average molecular weight is 336 g/mol. The van der Waals surface area contributed by atoms with E-state index in [1.807, 2.05) is 56.3 Å². The van der Waals surface area contributed by atoms with Crippen molar-refractivity contribution in [3.8, 4) is 5.75 Å². The summed E-state index contributed by atoms with van der Waals surface area (Å²) in [5, 5.41) is 3.69. The van der Waals surface area contributed by atoms with Crippen molar-refractivity contribution in [2.24, 2.45) is 0 Å². The number of para-hydroxylation sites is 1. The highest BCUT2D eigenvalue weighted by Gasteiger charge is 2.15. The molecule has 25 heavy (non-hydrogen) atoms. The molecule has 0 aliphatic carbocycles.